The molecule has 0 spiro atoms. The van der Waals surface area contributed by atoms with E-state index in [1.165, 1.54) is 0 Å². The first-order chi connectivity index (χ1) is 11.7. The van der Waals surface area contributed by atoms with Gasteiger partial charge >= 0.3 is 0 Å². The van der Waals surface area contributed by atoms with Crippen molar-refractivity contribution in [3.63, 3.8) is 0 Å². The largest absolute Gasteiger partial charge is 0.497 e. The van der Waals surface area contributed by atoms with Crippen LogP contribution >= 0.6 is 11.6 Å². The Morgan fingerprint density at radius 1 is 1.17 bits per heavy atom. The second kappa shape index (κ2) is 5.95. The highest BCUT2D eigenvalue weighted by atomic mass is 35.5. The zero-order valence-electron chi connectivity index (χ0n) is 13.3. The predicted octanol–water partition coefficient (Wildman–Crippen LogP) is 4.33. The van der Waals surface area contributed by atoms with Gasteiger partial charge in [-0.1, -0.05) is 42.0 Å². The minimum Gasteiger partial charge on any atom is -0.497 e. The van der Waals surface area contributed by atoms with E-state index in [9.17, 15) is 4.79 Å². The van der Waals surface area contributed by atoms with E-state index in [1.54, 1.807) is 13.2 Å². The fourth-order valence-electron chi connectivity index (χ4n) is 3.61. The number of methoxy groups -OCH3 is 1. The van der Waals surface area contributed by atoms with Gasteiger partial charge in [0.2, 0.25) is 0 Å². The third-order valence-corrected chi connectivity index (χ3v) is 4.93. The molecule has 2 aliphatic rings. The fraction of sp³-hybridized carbons (Fsp3) is 0.263. The summed E-state index contributed by atoms with van der Waals surface area (Å²) in [6.45, 7) is 0. The van der Waals surface area contributed by atoms with E-state index in [1.807, 2.05) is 35.2 Å². The predicted molar refractivity (Wildman–Crippen MR) is 92.3 cm³/mol. The van der Waals surface area contributed by atoms with Crippen molar-refractivity contribution in [3.8, 4) is 5.75 Å². The van der Waals surface area contributed by atoms with E-state index < -0.39 is 0 Å². The number of halogens is 1. The zero-order valence-corrected chi connectivity index (χ0v) is 14.0. The Morgan fingerprint density at radius 3 is 2.75 bits per heavy atom. The molecule has 0 bridgehead atoms. The number of pyridine rings is 1. The van der Waals surface area contributed by atoms with Crippen molar-refractivity contribution in [1.29, 1.82) is 0 Å². The smallest absolute Gasteiger partial charge is 0.273 e. The maximum atomic E-state index is 13.0. The van der Waals surface area contributed by atoms with Crippen molar-refractivity contribution < 1.29 is 9.53 Å². The molecule has 0 fully saturated rings. The molecule has 5 heteroatoms. The van der Waals surface area contributed by atoms with E-state index in [-0.39, 0.29) is 18.0 Å². The van der Waals surface area contributed by atoms with Crippen LogP contribution in [0.5, 0.6) is 5.75 Å². The summed E-state index contributed by atoms with van der Waals surface area (Å²) in [5, 5.41) is 0.355. The number of carbonyl (C=O) groups is 1. The second-order valence-electron chi connectivity index (χ2n) is 6.04. The quantitative estimate of drug-likeness (QED) is 0.603. The Hall–Kier alpha value is -2.33. The Labute approximate surface area is 145 Å². The minimum absolute atomic E-state index is 0.00668. The van der Waals surface area contributed by atoms with Crippen LogP contribution in [0.1, 0.15) is 46.5 Å². The SMILES string of the molecule is COc1cccc([C@@H]2CC=CCC3c4ccc(Cl)nc4C(=O)N32)c1. The van der Waals surface area contributed by atoms with E-state index in [0.29, 0.717) is 10.8 Å². The molecule has 2 atom stereocenters. The van der Waals surface area contributed by atoms with Crippen molar-refractivity contribution in [2.75, 3.05) is 7.11 Å². The van der Waals surface area contributed by atoms with Crippen LogP contribution in [0, 0.1) is 0 Å². The van der Waals surface area contributed by atoms with Crippen molar-refractivity contribution in [1.82, 2.24) is 9.88 Å². The van der Waals surface area contributed by atoms with Crippen molar-refractivity contribution in [2.24, 2.45) is 0 Å². The number of nitrogens with zero attached hydrogens (tertiary/aromatic N) is 2. The van der Waals surface area contributed by atoms with E-state index >= 15 is 0 Å². The van der Waals surface area contributed by atoms with Crippen LogP contribution in [-0.2, 0) is 0 Å². The topological polar surface area (TPSA) is 42.4 Å². The number of hydrogen-bond acceptors (Lipinski definition) is 3. The number of amides is 1. The Morgan fingerprint density at radius 2 is 1.96 bits per heavy atom. The number of hydrogen-bond donors (Lipinski definition) is 0. The Bertz CT molecular complexity index is 834. The molecule has 0 N–H and O–H groups in total. The number of rotatable bonds is 2. The average Bonchev–Trinajstić information content (AvgIpc) is 2.77. The van der Waals surface area contributed by atoms with E-state index in [4.69, 9.17) is 16.3 Å². The summed E-state index contributed by atoms with van der Waals surface area (Å²) in [6, 6.07) is 11.6. The molecule has 0 aliphatic carbocycles. The molecule has 0 saturated carbocycles. The monoisotopic (exact) mass is 340 g/mol. The molecule has 122 valence electrons. The number of aromatic nitrogens is 1. The lowest BCUT2D eigenvalue weighted by atomic mass is 10.0. The molecule has 1 amide bonds. The molecule has 2 aliphatic heterocycles. The number of fused-ring (bicyclic) bond motifs is 3. The fourth-order valence-corrected chi connectivity index (χ4v) is 3.76. The molecule has 1 unspecified atom stereocenters. The third-order valence-electron chi connectivity index (χ3n) is 4.72. The minimum atomic E-state index is -0.0472. The normalized spacial score (nSPS) is 22.1. The van der Waals surface area contributed by atoms with Crippen LogP contribution in [0.2, 0.25) is 5.15 Å². The molecular formula is C19H17ClN2O2. The first-order valence-electron chi connectivity index (χ1n) is 7.97. The van der Waals surface area contributed by atoms with Crippen LogP contribution in [-0.4, -0.2) is 22.9 Å². The molecule has 2 aromatic rings. The summed E-state index contributed by atoms with van der Waals surface area (Å²) < 4.78 is 5.34. The van der Waals surface area contributed by atoms with Gasteiger partial charge < -0.3 is 9.64 Å². The highest BCUT2D eigenvalue weighted by Gasteiger charge is 2.42. The number of benzene rings is 1. The molecule has 0 saturated heterocycles. The first kappa shape index (κ1) is 15.2. The number of ether oxygens (including phenoxy) is 1. The zero-order chi connectivity index (χ0) is 16.7. The highest BCUT2D eigenvalue weighted by Crippen LogP contribution is 2.44. The highest BCUT2D eigenvalue weighted by molar-refractivity contribution is 6.29. The van der Waals surface area contributed by atoms with Crippen LogP contribution in [0.25, 0.3) is 0 Å². The second-order valence-corrected chi connectivity index (χ2v) is 6.42. The Balaban J connectivity index is 1.80. The van der Waals surface area contributed by atoms with E-state index in [0.717, 1.165) is 29.7 Å². The standard InChI is InChI=1S/C19H17ClN2O2/c1-24-13-6-4-5-12(11-13)15-7-2-3-8-16-14-9-10-17(20)21-18(14)19(23)22(15)16/h2-6,9-11,15-16H,7-8H2,1H3/t15-,16?/m0/s1. The number of carbonyl (C=O) groups excluding carboxylic acids is 1. The van der Waals surface area contributed by atoms with Gasteiger partial charge in [-0.2, -0.15) is 0 Å². The van der Waals surface area contributed by atoms with Crippen molar-refractivity contribution in [2.45, 2.75) is 24.9 Å². The van der Waals surface area contributed by atoms with Gasteiger partial charge in [-0.05, 0) is 36.6 Å². The maximum Gasteiger partial charge on any atom is 0.273 e. The first-order valence-corrected chi connectivity index (χ1v) is 8.35. The summed E-state index contributed by atoms with van der Waals surface area (Å²) in [7, 11) is 1.65. The lowest BCUT2D eigenvalue weighted by molar-refractivity contribution is 0.0631. The molecule has 1 aromatic carbocycles. The van der Waals surface area contributed by atoms with Crippen LogP contribution < -0.4 is 4.74 Å². The molecule has 1 aromatic heterocycles. The summed E-state index contributed by atoms with van der Waals surface area (Å²) in [4.78, 5) is 19.2. The molecule has 4 rings (SSSR count). The van der Waals surface area contributed by atoms with Gasteiger partial charge in [0.15, 0.2) is 0 Å². The third kappa shape index (κ3) is 2.38. The van der Waals surface area contributed by atoms with Crippen molar-refractivity contribution in [3.05, 3.63) is 70.5 Å². The molecule has 0 radical (unpaired) electrons. The van der Waals surface area contributed by atoms with E-state index in [2.05, 4.69) is 17.1 Å². The summed E-state index contributed by atoms with van der Waals surface area (Å²) in [6.07, 6.45) is 5.87. The lowest BCUT2D eigenvalue weighted by Gasteiger charge is -2.31. The average molecular weight is 341 g/mol. The van der Waals surface area contributed by atoms with Gasteiger partial charge in [-0.25, -0.2) is 4.98 Å². The molecular weight excluding hydrogens is 324 g/mol. The van der Waals surface area contributed by atoms with Crippen LogP contribution in [0.3, 0.4) is 0 Å². The Kier molecular flexibility index (Phi) is 3.77. The molecule has 24 heavy (non-hydrogen) atoms. The van der Waals surface area contributed by atoms with Gasteiger partial charge in [0.05, 0.1) is 19.2 Å². The van der Waals surface area contributed by atoms with Crippen molar-refractivity contribution >= 4 is 17.5 Å². The summed E-state index contributed by atoms with van der Waals surface area (Å²) in [5.41, 5.74) is 2.51. The van der Waals surface area contributed by atoms with Gasteiger partial charge in [0.1, 0.15) is 16.6 Å². The van der Waals surface area contributed by atoms with Crippen LogP contribution in [0.15, 0.2) is 48.6 Å². The van der Waals surface area contributed by atoms with Gasteiger partial charge in [0, 0.05) is 5.56 Å². The van der Waals surface area contributed by atoms with Crippen LogP contribution in [0.4, 0.5) is 0 Å². The summed E-state index contributed by atoms with van der Waals surface area (Å²) >= 11 is 6.00. The molecule has 4 nitrogen and oxygen atoms in total. The van der Waals surface area contributed by atoms with Gasteiger partial charge in [0.25, 0.3) is 5.91 Å². The maximum absolute atomic E-state index is 13.0. The lowest BCUT2D eigenvalue weighted by Crippen LogP contribution is -2.31. The molecule has 3 heterocycles. The van der Waals surface area contributed by atoms with Gasteiger partial charge in [-0.15, -0.1) is 0 Å². The summed E-state index contributed by atoms with van der Waals surface area (Å²) in [5.74, 6) is 0.747. The van der Waals surface area contributed by atoms with Gasteiger partial charge in [-0.3, -0.25) is 4.79 Å².